The molecule has 1 unspecified atom stereocenters. The predicted octanol–water partition coefficient (Wildman–Crippen LogP) is 1.21. The van der Waals surface area contributed by atoms with Crippen LogP contribution in [0.4, 0.5) is 4.79 Å². The Balaban J connectivity index is 1.42. The number of nitrogens with one attached hydrogen (secondary N) is 2. The maximum Gasteiger partial charge on any atom is 0.319 e. The molecule has 132 valence electrons. The molecule has 1 saturated heterocycles. The Morgan fingerprint density at radius 1 is 1.20 bits per heavy atom. The molecule has 2 N–H and O–H groups in total. The number of nitrogens with zero attached hydrogens (tertiary/aromatic N) is 2. The van der Waals surface area contributed by atoms with Gasteiger partial charge in [-0.05, 0) is 24.3 Å². The lowest BCUT2D eigenvalue weighted by molar-refractivity contribution is -0.127. The standard InChI is InChI=1S/C17H20N4O3S/c22-13-5-1-6-20(13)7-3-8-21-10-11-14(16(21)23)15(19-17(24)18-11)12-4-2-9-25-12/h2,4,9,15H,1,3,5-8,10H2,(H2,18,19,24). The Labute approximate surface area is 149 Å². The fraction of sp³-hybridized carbons (Fsp3) is 0.471. The van der Waals surface area contributed by atoms with E-state index in [0.717, 1.165) is 24.3 Å². The fourth-order valence-electron chi connectivity index (χ4n) is 3.67. The SMILES string of the molecule is O=C1NC2=C(C(=O)N(CCCN3CCCC3=O)C2)C(c2cccs2)N1. The second-order valence-corrected chi connectivity index (χ2v) is 7.48. The van der Waals surface area contributed by atoms with Gasteiger partial charge in [0.2, 0.25) is 5.91 Å². The topological polar surface area (TPSA) is 81.8 Å². The highest BCUT2D eigenvalue weighted by atomic mass is 32.1. The van der Waals surface area contributed by atoms with Crippen LogP contribution < -0.4 is 10.6 Å². The normalized spacial score (nSPS) is 23.2. The third kappa shape index (κ3) is 3.02. The van der Waals surface area contributed by atoms with E-state index >= 15 is 0 Å². The van der Waals surface area contributed by atoms with Gasteiger partial charge in [0, 0.05) is 30.9 Å². The molecule has 4 heterocycles. The summed E-state index contributed by atoms with van der Waals surface area (Å²) in [6.45, 7) is 2.52. The Kier molecular flexibility index (Phi) is 4.20. The molecule has 7 nitrogen and oxygen atoms in total. The monoisotopic (exact) mass is 360 g/mol. The van der Waals surface area contributed by atoms with Crippen molar-refractivity contribution in [2.45, 2.75) is 25.3 Å². The number of hydrogen-bond donors (Lipinski definition) is 2. The molecule has 0 radical (unpaired) electrons. The van der Waals surface area contributed by atoms with E-state index in [1.807, 2.05) is 22.4 Å². The summed E-state index contributed by atoms with van der Waals surface area (Å²) in [6, 6.07) is 3.20. The first-order valence-corrected chi connectivity index (χ1v) is 9.42. The van der Waals surface area contributed by atoms with E-state index in [4.69, 9.17) is 0 Å². The lowest BCUT2D eigenvalue weighted by atomic mass is 10.0. The minimum Gasteiger partial charge on any atom is -0.343 e. The summed E-state index contributed by atoms with van der Waals surface area (Å²) in [7, 11) is 0. The fourth-order valence-corrected chi connectivity index (χ4v) is 4.45. The van der Waals surface area contributed by atoms with Crippen molar-refractivity contribution >= 4 is 29.2 Å². The zero-order valence-corrected chi connectivity index (χ0v) is 14.6. The van der Waals surface area contributed by atoms with E-state index in [0.29, 0.717) is 37.3 Å². The van der Waals surface area contributed by atoms with Crippen LogP contribution in [-0.4, -0.2) is 53.8 Å². The molecule has 4 amide bonds. The third-order valence-corrected chi connectivity index (χ3v) is 5.81. The van der Waals surface area contributed by atoms with Crippen molar-refractivity contribution in [1.29, 1.82) is 0 Å². The Bertz CT molecular complexity index is 743. The summed E-state index contributed by atoms with van der Waals surface area (Å²) < 4.78 is 0. The minimum absolute atomic E-state index is 0.0337. The number of carbonyl (C=O) groups excluding carboxylic acids is 3. The molecule has 3 aliphatic rings. The molecule has 1 fully saturated rings. The van der Waals surface area contributed by atoms with Crippen molar-refractivity contribution in [3.05, 3.63) is 33.7 Å². The van der Waals surface area contributed by atoms with Gasteiger partial charge in [0.25, 0.3) is 5.91 Å². The highest BCUT2D eigenvalue weighted by Crippen LogP contribution is 2.34. The molecule has 25 heavy (non-hydrogen) atoms. The average Bonchev–Trinajstić information content (AvgIpc) is 3.30. The zero-order valence-electron chi connectivity index (χ0n) is 13.8. The van der Waals surface area contributed by atoms with Gasteiger partial charge < -0.3 is 20.4 Å². The van der Waals surface area contributed by atoms with E-state index < -0.39 is 0 Å². The van der Waals surface area contributed by atoms with E-state index in [1.54, 1.807) is 4.90 Å². The summed E-state index contributed by atoms with van der Waals surface area (Å²) in [5.74, 6) is 0.174. The number of urea groups is 1. The lowest BCUT2D eigenvalue weighted by Gasteiger charge is -2.24. The Morgan fingerprint density at radius 2 is 2.04 bits per heavy atom. The molecule has 0 bridgehead atoms. The van der Waals surface area contributed by atoms with Gasteiger partial charge >= 0.3 is 6.03 Å². The number of amides is 4. The first kappa shape index (κ1) is 16.1. The van der Waals surface area contributed by atoms with Gasteiger partial charge in [0.1, 0.15) is 0 Å². The van der Waals surface area contributed by atoms with Crippen LogP contribution >= 0.6 is 11.3 Å². The van der Waals surface area contributed by atoms with Crippen molar-refractivity contribution < 1.29 is 14.4 Å². The molecule has 0 spiro atoms. The summed E-state index contributed by atoms with van der Waals surface area (Å²) in [5.41, 5.74) is 1.34. The molecule has 1 atom stereocenters. The van der Waals surface area contributed by atoms with Crippen LogP contribution in [0.15, 0.2) is 28.8 Å². The maximum absolute atomic E-state index is 12.8. The number of likely N-dealkylation sites (tertiary alicyclic amines) is 1. The molecule has 0 aliphatic carbocycles. The molecule has 1 aromatic heterocycles. The van der Waals surface area contributed by atoms with E-state index in [9.17, 15) is 14.4 Å². The van der Waals surface area contributed by atoms with Crippen molar-refractivity contribution in [2.24, 2.45) is 0 Å². The van der Waals surface area contributed by atoms with Crippen molar-refractivity contribution in [2.75, 3.05) is 26.2 Å². The van der Waals surface area contributed by atoms with Crippen LogP contribution in [0.5, 0.6) is 0 Å². The molecular weight excluding hydrogens is 340 g/mol. The summed E-state index contributed by atoms with van der Waals surface area (Å²) in [6.07, 6.45) is 2.32. The number of hydrogen-bond acceptors (Lipinski definition) is 4. The Morgan fingerprint density at radius 3 is 2.76 bits per heavy atom. The molecular formula is C17H20N4O3S. The van der Waals surface area contributed by atoms with Gasteiger partial charge in [-0.3, -0.25) is 9.59 Å². The molecule has 4 rings (SSSR count). The highest BCUT2D eigenvalue weighted by molar-refractivity contribution is 7.10. The van der Waals surface area contributed by atoms with Crippen molar-refractivity contribution in [3.63, 3.8) is 0 Å². The van der Waals surface area contributed by atoms with Gasteiger partial charge in [0.05, 0.1) is 23.9 Å². The molecule has 1 aromatic rings. The lowest BCUT2D eigenvalue weighted by Crippen LogP contribution is -2.44. The minimum atomic E-state index is -0.374. The van der Waals surface area contributed by atoms with E-state index in [2.05, 4.69) is 10.6 Å². The Hall–Kier alpha value is -2.35. The van der Waals surface area contributed by atoms with Gasteiger partial charge in [-0.25, -0.2) is 4.79 Å². The second-order valence-electron chi connectivity index (χ2n) is 6.50. The number of thiophene rings is 1. The van der Waals surface area contributed by atoms with Crippen LogP contribution in [-0.2, 0) is 9.59 Å². The summed E-state index contributed by atoms with van der Waals surface area (Å²) in [4.78, 5) is 41.0. The van der Waals surface area contributed by atoms with Gasteiger partial charge in [-0.2, -0.15) is 0 Å². The summed E-state index contributed by atoms with van der Waals surface area (Å²) in [5, 5.41) is 7.56. The quantitative estimate of drug-likeness (QED) is 0.828. The smallest absolute Gasteiger partial charge is 0.319 e. The zero-order chi connectivity index (χ0) is 17.4. The van der Waals surface area contributed by atoms with Crippen LogP contribution in [0.3, 0.4) is 0 Å². The number of carbonyl (C=O) groups is 3. The van der Waals surface area contributed by atoms with Gasteiger partial charge in [-0.1, -0.05) is 6.07 Å². The average molecular weight is 360 g/mol. The predicted molar refractivity (Wildman–Crippen MR) is 92.8 cm³/mol. The van der Waals surface area contributed by atoms with E-state index in [-0.39, 0.29) is 23.9 Å². The largest absolute Gasteiger partial charge is 0.343 e. The second kappa shape index (κ2) is 6.51. The molecule has 0 saturated carbocycles. The summed E-state index contributed by atoms with van der Waals surface area (Å²) >= 11 is 1.53. The molecule has 0 aromatic carbocycles. The van der Waals surface area contributed by atoms with E-state index in [1.165, 1.54) is 11.3 Å². The van der Waals surface area contributed by atoms with Gasteiger partial charge in [-0.15, -0.1) is 11.3 Å². The van der Waals surface area contributed by atoms with Crippen molar-refractivity contribution in [3.8, 4) is 0 Å². The van der Waals surface area contributed by atoms with Crippen LogP contribution in [0, 0.1) is 0 Å². The third-order valence-electron chi connectivity index (χ3n) is 4.88. The first-order chi connectivity index (χ1) is 12.1. The molecule has 3 aliphatic heterocycles. The molecule has 8 heteroatoms. The van der Waals surface area contributed by atoms with Crippen molar-refractivity contribution in [1.82, 2.24) is 20.4 Å². The van der Waals surface area contributed by atoms with Crippen LogP contribution in [0.1, 0.15) is 30.2 Å². The first-order valence-electron chi connectivity index (χ1n) is 8.54. The highest BCUT2D eigenvalue weighted by Gasteiger charge is 2.40. The van der Waals surface area contributed by atoms with Crippen LogP contribution in [0.25, 0.3) is 0 Å². The maximum atomic E-state index is 12.8. The van der Waals surface area contributed by atoms with Crippen LogP contribution in [0.2, 0.25) is 0 Å². The number of rotatable bonds is 5. The van der Waals surface area contributed by atoms with Gasteiger partial charge in [0.15, 0.2) is 0 Å².